The predicted molar refractivity (Wildman–Crippen MR) is 117 cm³/mol. The maximum absolute atomic E-state index is 13.8. The van der Waals surface area contributed by atoms with E-state index in [0.29, 0.717) is 18.3 Å². The van der Waals surface area contributed by atoms with Crippen LogP contribution in [0.3, 0.4) is 0 Å². The smallest absolute Gasteiger partial charge is 0.317 e. The van der Waals surface area contributed by atoms with Crippen molar-refractivity contribution in [3.63, 3.8) is 0 Å². The zero-order chi connectivity index (χ0) is 24.4. The summed E-state index contributed by atoms with van der Waals surface area (Å²) in [6.45, 7) is 1.36. The zero-order valence-electron chi connectivity index (χ0n) is 18.8. The van der Waals surface area contributed by atoms with Gasteiger partial charge in [0.25, 0.3) is 5.92 Å². The van der Waals surface area contributed by atoms with E-state index in [-0.39, 0.29) is 24.5 Å². The molecule has 9 nitrogen and oxygen atoms in total. The van der Waals surface area contributed by atoms with E-state index in [9.17, 15) is 13.2 Å². The van der Waals surface area contributed by atoms with Crippen LogP contribution < -0.4 is 4.74 Å². The van der Waals surface area contributed by atoms with Crippen molar-refractivity contribution in [2.24, 2.45) is 0 Å². The summed E-state index contributed by atoms with van der Waals surface area (Å²) in [5, 5.41) is 12.3. The molecular formula is C23H22F3N7O2. The average Bonchev–Trinajstić information content (AvgIpc) is 3.54. The normalized spacial score (nSPS) is 16.4. The lowest BCUT2D eigenvalue weighted by atomic mass is 10.1. The first-order valence-corrected chi connectivity index (χ1v) is 11.1. The second-order valence-electron chi connectivity index (χ2n) is 8.25. The maximum atomic E-state index is 13.8. The minimum atomic E-state index is -3.32. The molecule has 5 rings (SSSR count). The predicted octanol–water partition coefficient (Wildman–Crippen LogP) is 4.45. The Labute approximate surface area is 198 Å². The minimum absolute atomic E-state index is 0.00335. The average molecular weight is 485 g/mol. The molecular weight excluding hydrogens is 463 g/mol. The maximum Gasteiger partial charge on any atom is 0.317 e. The molecule has 3 aromatic heterocycles. The topological polar surface area (TPSA) is 92.8 Å². The van der Waals surface area contributed by atoms with E-state index in [1.165, 1.54) is 16.9 Å². The number of halogens is 3. The highest BCUT2D eigenvalue weighted by Crippen LogP contribution is 2.30. The molecule has 1 atom stereocenters. The quantitative estimate of drug-likeness (QED) is 0.382. The van der Waals surface area contributed by atoms with E-state index in [4.69, 9.17) is 9.47 Å². The Balaban J connectivity index is 1.26. The number of aromatic nitrogens is 7. The first-order valence-electron chi connectivity index (χ1n) is 11.1. The molecule has 1 aliphatic heterocycles. The molecule has 0 spiro atoms. The molecule has 1 unspecified atom stereocenters. The third-order valence-corrected chi connectivity index (χ3v) is 5.56. The molecule has 0 bridgehead atoms. The van der Waals surface area contributed by atoms with Crippen molar-refractivity contribution < 1.29 is 22.6 Å². The summed E-state index contributed by atoms with van der Waals surface area (Å²) in [6.07, 6.45) is 9.68. The number of hydrogen-bond acceptors (Lipinski definition) is 7. The summed E-state index contributed by atoms with van der Waals surface area (Å²) in [5.41, 5.74) is 1.39. The van der Waals surface area contributed by atoms with Gasteiger partial charge in [0.15, 0.2) is 0 Å². The summed E-state index contributed by atoms with van der Waals surface area (Å²) in [7, 11) is 0. The van der Waals surface area contributed by atoms with Crippen LogP contribution in [0.25, 0.3) is 16.9 Å². The van der Waals surface area contributed by atoms with Gasteiger partial charge in [0.05, 0.1) is 29.3 Å². The molecule has 0 aliphatic carbocycles. The molecule has 1 fully saturated rings. The SMILES string of the molecule is CC(F)(F)c1cc(-n2cc(COc3nccc(-c4cnn(C5CCCCO5)c4)n3)nn2)ccc1F. The molecule has 12 heteroatoms. The van der Waals surface area contributed by atoms with Crippen molar-refractivity contribution in [3.05, 3.63) is 66.1 Å². The lowest BCUT2D eigenvalue weighted by molar-refractivity contribution is -0.0394. The van der Waals surface area contributed by atoms with E-state index in [1.54, 1.807) is 23.1 Å². The summed E-state index contributed by atoms with van der Waals surface area (Å²) in [4.78, 5) is 8.55. The van der Waals surface area contributed by atoms with Crippen molar-refractivity contribution in [2.75, 3.05) is 6.61 Å². The van der Waals surface area contributed by atoms with Gasteiger partial charge in [-0.1, -0.05) is 5.21 Å². The van der Waals surface area contributed by atoms with Crippen LogP contribution in [0.1, 0.15) is 43.7 Å². The third kappa shape index (κ3) is 5.16. The lowest BCUT2D eigenvalue weighted by Gasteiger charge is -2.22. The third-order valence-electron chi connectivity index (χ3n) is 5.56. The second-order valence-corrected chi connectivity index (χ2v) is 8.25. The van der Waals surface area contributed by atoms with Crippen LogP contribution >= 0.6 is 0 Å². The van der Waals surface area contributed by atoms with E-state index in [2.05, 4.69) is 25.4 Å². The molecule has 35 heavy (non-hydrogen) atoms. The summed E-state index contributed by atoms with van der Waals surface area (Å²) < 4.78 is 55.5. The van der Waals surface area contributed by atoms with E-state index < -0.39 is 17.3 Å². The number of nitrogens with zero attached hydrogens (tertiary/aromatic N) is 7. The molecule has 0 amide bonds. The number of ether oxygens (including phenoxy) is 2. The van der Waals surface area contributed by atoms with Crippen LogP contribution in [0.15, 0.2) is 49.1 Å². The van der Waals surface area contributed by atoms with Gasteiger partial charge >= 0.3 is 6.01 Å². The first-order chi connectivity index (χ1) is 16.9. The monoisotopic (exact) mass is 485 g/mol. The Morgan fingerprint density at radius 2 is 2.09 bits per heavy atom. The number of hydrogen-bond donors (Lipinski definition) is 0. The van der Waals surface area contributed by atoms with Gasteiger partial charge < -0.3 is 9.47 Å². The highest BCUT2D eigenvalue weighted by molar-refractivity contribution is 5.56. The Bertz CT molecular complexity index is 1310. The van der Waals surface area contributed by atoms with E-state index >= 15 is 0 Å². The van der Waals surface area contributed by atoms with Gasteiger partial charge in [0.1, 0.15) is 24.3 Å². The molecule has 1 aliphatic rings. The second kappa shape index (κ2) is 9.45. The van der Waals surface area contributed by atoms with Gasteiger partial charge in [-0.2, -0.15) is 10.1 Å². The number of alkyl halides is 2. The standard InChI is InChI=1S/C23H22F3N7O2/c1-23(25,26)18-10-17(5-6-19(18)24)32-13-16(30-31-32)14-35-22-27-8-7-20(29-22)15-11-28-33(12-15)21-4-2-3-9-34-21/h5-8,10-13,21H,2-4,9,14H2,1H3. The van der Waals surface area contributed by atoms with Crippen LogP contribution in [0.5, 0.6) is 6.01 Å². The fourth-order valence-corrected chi connectivity index (χ4v) is 3.75. The highest BCUT2D eigenvalue weighted by Gasteiger charge is 2.28. The largest absolute Gasteiger partial charge is 0.457 e. The number of rotatable bonds is 7. The molecule has 4 aromatic rings. The van der Waals surface area contributed by atoms with Crippen LogP contribution in [-0.2, 0) is 17.3 Å². The fourth-order valence-electron chi connectivity index (χ4n) is 3.75. The molecule has 1 aromatic carbocycles. The molecule has 0 saturated carbocycles. The van der Waals surface area contributed by atoms with E-state index in [1.807, 2.05) is 6.20 Å². The van der Waals surface area contributed by atoms with Gasteiger partial charge in [-0.05, 0) is 43.5 Å². The summed E-state index contributed by atoms with van der Waals surface area (Å²) in [6, 6.07) is 5.24. The Morgan fingerprint density at radius 3 is 2.89 bits per heavy atom. The summed E-state index contributed by atoms with van der Waals surface area (Å²) >= 11 is 0. The minimum Gasteiger partial charge on any atom is -0.457 e. The van der Waals surface area contributed by atoms with Crippen molar-refractivity contribution in [3.8, 4) is 23.0 Å². The van der Waals surface area contributed by atoms with Crippen molar-refractivity contribution in [1.82, 2.24) is 34.7 Å². The van der Waals surface area contributed by atoms with Gasteiger partial charge in [-0.3, -0.25) is 0 Å². The van der Waals surface area contributed by atoms with Crippen LogP contribution in [0, 0.1) is 5.82 Å². The fraction of sp³-hybridized carbons (Fsp3) is 0.348. The Kier molecular flexibility index (Phi) is 6.20. The van der Waals surface area contributed by atoms with Crippen molar-refractivity contribution in [2.45, 2.75) is 44.9 Å². The van der Waals surface area contributed by atoms with Gasteiger partial charge in [0.2, 0.25) is 0 Å². The molecule has 4 heterocycles. The highest BCUT2D eigenvalue weighted by atomic mass is 19.3. The van der Waals surface area contributed by atoms with Crippen LogP contribution in [0.4, 0.5) is 13.2 Å². The molecule has 1 saturated heterocycles. The molecule has 182 valence electrons. The number of benzene rings is 1. The van der Waals surface area contributed by atoms with Gasteiger partial charge in [0, 0.05) is 31.5 Å². The van der Waals surface area contributed by atoms with Crippen molar-refractivity contribution >= 4 is 0 Å². The van der Waals surface area contributed by atoms with Gasteiger partial charge in [-0.25, -0.2) is 27.5 Å². The van der Waals surface area contributed by atoms with Crippen molar-refractivity contribution in [1.29, 1.82) is 0 Å². The molecule has 0 radical (unpaired) electrons. The zero-order valence-corrected chi connectivity index (χ0v) is 18.8. The Hall–Kier alpha value is -3.80. The van der Waals surface area contributed by atoms with Crippen LogP contribution in [-0.4, -0.2) is 41.3 Å². The first kappa shape index (κ1) is 23.0. The lowest BCUT2D eigenvalue weighted by Crippen LogP contribution is -2.18. The Morgan fingerprint density at radius 1 is 1.20 bits per heavy atom. The van der Waals surface area contributed by atoms with Gasteiger partial charge in [-0.15, -0.1) is 5.10 Å². The van der Waals surface area contributed by atoms with Crippen LogP contribution in [0.2, 0.25) is 0 Å². The van der Waals surface area contributed by atoms with E-state index in [0.717, 1.165) is 43.6 Å². The summed E-state index contributed by atoms with van der Waals surface area (Å²) in [5.74, 6) is -4.31. The molecule has 0 N–H and O–H groups in total.